The molecule has 1 aromatic rings. The number of halogens is 1. The average molecular weight is 316 g/mol. The first-order chi connectivity index (χ1) is 8.68. The quantitative estimate of drug-likeness (QED) is 0.877. The summed E-state index contributed by atoms with van der Waals surface area (Å²) in [5.41, 5.74) is 1.14. The number of aryl methyl sites for hydroxylation is 1. The summed E-state index contributed by atoms with van der Waals surface area (Å²) < 4.78 is 8.97. The topological polar surface area (TPSA) is 39.1 Å². The van der Waals surface area contributed by atoms with Crippen LogP contribution in [0.3, 0.4) is 0 Å². The van der Waals surface area contributed by atoms with Gasteiger partial charge in [0.05, 0.1) is 28.0 Å². The Labute approximate surface area is 117 Å². The predicted octanol–water partition coefficient (Wildman–Crippen LogP) is 2.89. The Morgan fingerprint density at radius 1 is 1.61 bits per heavy atom. The largest absolute Gasteiger partial charge is 0.376 e. The van der Waals surface area contributed by atoms with Crippen LogP contribution in [0.15, 0.2) is 10.7 Å². The smallest absolute Gasteiger partial charge is 0.0888 e. The second kappa shape index (κ2) is 5.72. The maximum absolute atomic E-state index is 5.81. The predicted molar refractivity (Wildman–Crippen MR) is 75.6 cm³/mol. The van der Waals surface area contributed by atoms with E-state index >= 15 is 0 Å². The molecule has 0 amide bonds. The minimum absolute atomic E-state index is 0.0667. The number of nitrogens with zero attached hydrogens (tertiary/aromatic N) is 2. The number of methoxy groups -OCH3 is 1. The SMILES string of the molecule is CCCn1ncc(Br)c1C(NC)C1(OC)CCC1. The van der Waals surface area contributed by atoms with Gasteiger partial charge in [-0.3, -0.25) is 4.68 Å². The second-order valence-corrected chi connectivity index (χ2v) is 5.80. The zero-order valence-electron chi connectivity index (χ0n) is 11.4. The molecule has 1 aliphatic carbocycles. The summed E-state index contributed by atoms with van der Waals surface area (Å²) in [5.74, 6) is 0. The van der Waals surface area contributed by atoms with E-state index < -0.39 is 0 Å². The molecule has 1 saturated carbocycles. The van der Waals surface area contributed by atoms with Gasteiger partial charge in [-0.2, -0.15) is 5.10 Å². The molecule has 1 atom stereocenters. The van der Waals surface area contributed by atoms with Crippen LogP contribution in [0.5, 0.6) is 0 Å². The molecule has 1 aliphatic rings. The van der Waals surface area contributed by atoms with Crippen LogP contribution < -0.4 is 5.32 Å². The molecule has 1 unspecified atom stereocenters. The summed E-state index contributed by atoms with van der Waals surface area (Å²) in [6, 6.07) is 0.194. The van der Waals surface area contributed by atoms with E-state index in [0.717, 1.165) is 30.3 Å². The van der Waals surface area contributed by atoms with Crippen molar-refractivity contribution in [3.8, 4) is 0 Å². The Balaban J connectivity index is 2.34. The van der Waals surface area contributed by atoms with Crippen LogP contribution in [-0.2, 0) is 11.3 Å². The molecule has 5 heteroatoms. The van der Waals surface area contributed by atoms with E-state index in [1.54, 1.807) is 0 Å². The fourth-order valence-electron chi connectivity index (χ4n) is 2.83. The molecular formula is C13H22BrN3O. The van der Waals surface area contributed by atoms with E-state index in [0.29, 0.717) is 0 Å². The van der Waals surface area contributed by atoms with Crippen molar-refractivity contribution in [2.75, 3.05) is 14.2 Å². The van der Waals surface area contributed by atoms with Crippen molar-refractivity contribution in [1.29, 1.82) is 0 Å². The average Bonchev–Trinajstić information content (AvgIpc) is 2.66. The third kappa shape index (κ3) is 2.24. The Morgan fingerprint density at radius 2 is 2.33 bits per heavy atom. The van der Waals surface area contributed by atoms with Crippen molar-refractivity contribution >= 4 is 15.9 Å². The van der Waals surface area contributed by atoms with E-state index in [4.69, 9.17) is 4.74 Å². The zero-order valence-corrected chi connectivity index (χ0v) is 13.0. The normalized spacial score (nSPS) is 19.6. The van der Waals surface area contributed by atoms with E-state index in [1.807, 2.05) is 20.4 Å². The molecule has 4 nitrogen and oxygen atoms in total. The summed E-state index contributed by atoms with van der Waals surface area (Å²) in [4.78, 5) is 0. The van der Waals surface area contributed by atoms with Crippen LogP contribution in [0, 0.1) is 0 Å². The lowest BCUT2D eigenvalue weighted by atomic mass is 9.73. The number of ether oxygens (including phenoxy) is 1. The maximum atomic E-state index is 5.81. The third-order valence-electron chi connectivity index (χ3n) is 3.96. The number of likely N-dealkylation sites (N-methyl/N-ethyl adjacent to an activating group) is 1. The molecule has 1 aromatic heterocycles. The van der Waals surface area contributed by atoms with Gasteiger partial charge in [-0.15, -0.1) is 0 Å². The van der Waals surface area contributed by atoms with Crippen LogP contribution in [-0.4, -0.2) is 29.5 Å². The van der Waals surface area contributed by atoms with Crippen molar-refractivity contribution in [2.45, 2.75) is 50.8 Å². The van der Waals surface area contributed by atoms with Crippen LogP contribution in [0.2, 0.25) is 0 Å². The molecule has 2 rings (SSSR count). The molecule has 0 aromatic carbocycles. The first-order valence-corrected chi connectivity index (χ1v) is 7.41. The number of aromatic nitrogens is 2. The van der Waals surface area contributed by atoms with Crippen molar-refractivity contribution in [3.63, 3.8) is 0 Å². The minimum atomic E-state index is -0.0667. The molecule has 1 N–H and O–H groups in total. The van der Waals surface area contributed by atoms with Gasteiger partial charge in [0, 0.05) is 13.7 Å². The number of hydrogen-bond donors (Lipinski definition) is 1. The Morgan fingerprint density at radius 3 is 2.78 bits per heavy atom. The van der Waals surface area contributed by atoms with Crippen molar-refractivity contribution < 1.29 is 4.74 Å². The second-order valence-electron chi connectivity index (χ2n) is 4.95. The Kier molecular flexibility index (Phi) is 4.45. The zero-order chi connectivity index (χ0) is 13.2. The maximum Gasteiger partial charge on any atom is 0.0888 e. The van der Waals surface area contributed by atoms with Gasteiger partial charge in [-0.1, -0.05) is 6.92 Å². The molecule has 1 fully saturated rings. The van der Waals surface area contributed by atoms with E-state index in [9.17, 15) is 0 Å². The van der Waals surface area contributed by atoms with Crippen LogP contribution in [0.25, 0.3) is 0 Å². The van der Waals surface area contributed by atoms with Gasteiger partial charge >= 0.3 is 0 Å². The van der Waals surface area contributed by atoms with Gasteiger partial charge in [0.2, 0.25) is 0 Å². The molecule has 0 spiro atoms. The molecule has 0 aliphatic heterocycles. The summed E-state index contributed by atoms with van der Waals surface area (Å²) in [6.45, 7) is 3.11. The highest BCUT2D eigenvalue weighted by Gasteiger charge is 2.46. The molecule has 18 heavy (non-hydrogen) atoms. The highest BCUT2D eigenvalue weighted by Crippen LogP contribution is 2.46. The van der Waals surface area contributed by atoms with Crippen LogP contribution in [0.1, 0.15) is 44.3 Å². The van der Waals surface area contributed by atoms with Gasteiger partial charge < -0.3 is 10.1 Å². The Hall–Kier alpha value is -0.390. The minimum Gasteiger partial charge on any atom is -0.376 e. The van der Waals surface area contributed by atoms with E-state index in [-0.39, 0.29) is 11.6 Å². The van der Waals surface area contributed by atoms with Gasteiger partial charge in [0.25, 0.3) is 0 Å². The number of rotatable bonds is 6. The van der Waals surface area contributed by atoms with Crippen molar-refractivity contribution in [2.24, 2.45) is 0 Å². The Bertz CT molecular complexity index is 395. The fourth-order valence-corrected chi connectivity index (χ4v) is 3.36. The molecule has 0 radical (unpaired) electrons. The van der Waals surface area contributed by atoms with Gasteiger partial charge in [0.1, 0.15) is 0 Å². The highest BCUT2D eigenvalue weighted by atomic mass is 79.9. The van der Waals surface area contributed by atoms with Gasteiger partial charge in [-0.25, -0.2) is 0 Å². The summed E-state index contributed by atoms with van der Waals surface area (Å²) in [7, 11) is 3.82. The first-order valence-electron chi connectivity index (χ1n) is 6.62. The summed E-state index contributed by atoms with van der Waals surface area (Å²) in [5, 5.41) is 7.88. The van der Waals surface area contributed by atoms with Crippen LogP contribution >= 0.6 is 15.9 Å². The molecule has 102 valence electrons. The molecule has 0 bridgehead atoms. The number of nitrogens with one attached hydrogen (secondary N) is 1. The third-order valence-corrected chi connectivity index (χ3v) is 4.57. The lowest BCUT2D eigenvalue weighted by Gasteiger charge is -2.46. The lowest BCUT2D eigenvalue weighted by Crippen LogP contribution is -2.50. The van der Waals surface area contributed by atoms with E-state index in [2.05, 4.69) is 38.0 Å². The van der Waals surface area contributed by atoms with Crippen molar-refractivity contribution in [3.05, 3.63) is 16.4 Å². The lowest BCUT2D eigenvalue weighted by molar-refractivity contribution is -0.100. The van der Waals surface area contributed by atoms with Crippen LogP contribution in [0.4, 0.5) is 0 Å². The molecular weight excluding hydrogens is 294 g/mol. The monoisotopic (exact) mass is 315 g/mol. The summed E-state index contributed by atoms with van der Waals surface area (Å²) in [6.07, 6.45) is 6.43. The fraction of sp³-hybridized carbons (Fsp3) is 0.769. The summed E-state index contributed by atoms with van der Waals surface area (Å²) >= 11 is 3.62. The van der Waals surface area contributed by atoms with Gasteiger partial charge in [0.15, 0.2) is 0 Å². The first kappa shape index (κ1) is 14.0. The molecule has 1 heterocycles. The standard InChI is InChI=1S/C13H22BrN3O/c1-4-8-17-11(10(14)9-16-17)12(15-2)13(18-3)6-5-7-13/h9,12,15H,4-8H2,1-3H3. The number of hydrogen-bond acceptors (Lipinski definition) is 3. The highest BCUT2D eigenvalue weighted by molar-refractivity contribution is 9.10. The van der Waals surface area contributed by atoms with Crippen molar-refractivity contribution in [1.82, 2.24) is 15.1 Å². The van der Waals surface area contributed by atoms with Gasteiger partial charge in [-0.05, 0) is 48.7 Å². The van der Waals surface area contributed by atoms with E-state index in [1.165, 1.54) is 12.1 Å². The molecule has 0 saturated heterocycles.